The highest BCUT2D eigenvalue weighted by Gasteiger charge is 2.11. The van der Waals surface area contributed by atoms with Crippen molar-refractivity contribution >= 4 is 23.2 Å². The van der Waals surface area contributed by atoms with E-state index in [1.165, 1.54) is 0 Å². The number of phenols is 1. The average molecular weight is 221 g/mol. The fraction of sp³-hybridized carbons (Fsp3) is 0.333. The van der Waals surface area contributed by atoms with E-state index in [-0.39, 0.29) is 21.9 Å². The van der Waals surface area contributed by atoms with Gasteiger partial charge in [0, 0.05) is 0 Å². The highest BCUT2D eigenvalue weighted by molar-refractivity contribution is 6.38. The molecule has 2 nitrogen and oxygen atoms in total. The number of phenolic OH excluding ortho intramolecular Hbond substituents is 1. The quantitative estimate of drug-likeness (QED) is 0.828. The molecule has 1 N–H and O–H groups in total. The first-order valence-corrected chi connectivity index (χ1v) is 4.61. The van der Waals surface area contributed by atoms with Crippen LogP contribution in [0.5, 0.6) is 11.5 Å². The Balaban J connectivity index is 3.04. The Labute approximate surface area is 87.0 Å². The molecule has 1 aromatic carbocycles. The Kier molecular flexibility index (Phi) is 3.28. The molecule has 0 unspecified atom stereocenters. The molecular formula is C9H10Cl2O2. The van der Waals surface area contributed by atoms with Gasteiger partial charge in [0.05, 0.1) is 11.1 Å². The van der Waals surface area contributed by atoms with Gasteiger partial charge in [-0.1, -0.05) is 23.2 Å². The minimum Gasteiger partial charge on any atom is -0.505 e. The summed E-state index contributed by atoms with van der Waals surface area (Å²) in [5.74, 6) is 0.306. The zero-order chi connectivity index (χ0) is 10.0. The smallest absolute Gasteiger partial charge is 0.156 e. The fourth-order valence-electron chi connectivity index (χ4n) is 0.867. The minimum atomic E-state index is -0.138. The van der Waals surface area contributed by atoms with Gasteiger partial charge < -0.3 is 9.84 Å². The molecule has 4 heteroatoms. The summed E-state index contributed by atoms with van der Waals surface area (Å²) in [5.41, 5.74) is 0. The van der Waals surface area contributed by atoms with E-state index < -0.39 is 0 Å². The van der Waals surface area contributed by atoms with Gasteiger partial charge in [0.25, 0.3) is 0 Å². The lowest BCUT2D eigenvalue weighted by Crippen LogP contribution is -2.05. The van der Waals surface area contributed by atoms with Gasteiger partial charge in [-0.15, -0.1) is 0 Å². The first-order valence-electron chi connectivity index (χ1n) is 3.86. The Morgan fingerprint density at radius 3 is 2.46 bits per heavy atom. The summed E-state index contributed by atoms with van der Waals surface area (Å²) in [7, 11) is 0. The topological polar surface area (TPSA) is 29.5 Å². The summed E-state index contributed by atoms with van der Waals surface area (Å²) < 4.78 is 5.33. The molecule has 1 rings (SSSR count). The maximum Gasteiger partial charge on any atom is 0.156 e. The van der Waals surface area contributed by atoms with Gasteiger partial charge in [-0.2, -0.15) is 0 Å². The van der Waals surface area contributed by atoms with E-state index in [1.54, 1.807) is 12.1 Å². The van der Waals surface area contributed by atoms with Gasteiger partial charge in [0.1, 0.15) is 10.8 Å². The Hall–Kier alpha value is -0.600. The monoisotopic (exact) mass is 220 g/mol. The Morgan fingerprint density at radius 2 is 1.92 bits per heavy atom. The molecule has 0 saturated carbocycles. The standard InChI is InChI=1S/C9H10Cl2O2/c1-5(2)13-7-4-3-6(10)9(12)8(7)11/h3-5,12H,1-2H3. The minimum absolute atomic E-state index is 0.0121. The van der Waals surface area contributed by atoms with Crippen molar-refractivity contribution in [1.82, 2.24) is 0 Å². The van der Waals surface area contributed by atoms with Crippen LogP contribution in [0.25, 0.3) is 0 Å². The molecule has 13 heavy (non-hydrogen) atoms. The molecule has 0 atom stereocenters. The van der Waals surface area contributed by atoms with Crippen molar-refractivity contribution in [2.24, 2.45) is 0 Å². The third-order valence-corrected chi connectivity index (χ3v) is 2.06. The van der Waals surface area contributed by atoms with E-state index in [2.05, 4.69) is 0 Å². The highest BCUT2D eigenvalue weighted by atomic mass is 35.5. The second-order valence-corrected chi connectivity index (χ2v) is 3.66. The van der Waals surface area contributed by atoms with Crippen molar-refractivity contribution < 1.29 is 9.84 Å². The van der Waals surface area contributed by atoms with Crippen molar-refractivity contribution in [2.45, 2.75) is 20.0 Å². The van der Waals surface area contributed by atoms with Crippen molar-refractivity contribution in [3.63, 3.8) is 0 Å². The number of rotatable bonds is 2. The van der Waals surface area contributed by atoms with E-state index in [0.29, 0.717) is 5.75 Å². The van der Waals surface area contributed by atoms with Crippen LogP contribution < -0.4 is 4.74 Å². The summed E-state index contributed by atoms with van der Waals surface area (Å²) in [6.45, 7) is 3.75. The molecule has 0 fully saturated rings. The van der Waals surface area contributed by atoms with Crippen LogP contribution in [0.2, 0.25) is 10.0 Å². The molecule has 0 amide bonds. The third-order valence-electron chi connectivity index (χ3n) is 1.39. The van der Waals surface area contributed by atoms with Gasteiger partial charge in [-0.3, -0.25) is 0 Å². The molecule has 0 bridgehead atoms. The molecule has 72 valence electrons. The molecule has 0 aliphatic heterocycles. The summed E-state index contributed by atoms with van der Waals surface area (Å²) in [4.78, 5) is 0. The van der Waals surface area contributed by atoms with Crippen LogP contribution in [0.3, 0.4) is 0 Å². The lowest BCUT2D eigenvalue weighted by molar-refractivity contribution is 0.241. The average Bonchev–Trinajstić information content (AvgIpc) is 2.06. The SMILES string of the molecule is CC(C)Oc1ccc(Cl)c(O)c1Cl. The number of halogens is 2. The second-order valence-electron chi connectivity index (χ2n) is 2.87. The molecule has 0 heterocycles. The largest absolute Gasteiger partial charge is 0.505 e. The van der Waals surface area contributed by atoms with E-state index in [1.807, 2.05) is 13.8 Å². The maximum absolute atomic E-state index is 9.36. The third kappa shape index (κ3) is 2.42. The van der Waals surface area contributed by atoms with Crippen LogP contribution in [-0.2, 0) is 0 Å². The van der Waals surface area contributed by atoms with Gasteiger partial charge >= 0.3 is 0 Å². The molecular weight excluding hydrogens is 211 g/mol. The van der Waals surface area contributed by atoms with Gasteiger partial charge in [-0.05, 0) is 26.0 Å². The number of aromatic hydroxyl groups is 1. The van der Waals surface area contributed by atoms with Gasteiger partial charge in [-0.25, -0.2) is 0 Å². The van der Waals surface area contributed by atoms with Crippen molar-refractivity contribution in [3.8, 4) is 11.5 Å². The van der Waals surface area contributed by atoms with E-state index in [4.69, 9.17) is 27.9 Å². The lowest BCUT2D eigenvalue weighted by Gasteiger charge is -2.12. The van der Waals surface area contributed by atoms with Crippen molar-refractivity contribution in [3.05, 3.63) is 22.2 Å². The van der Waals surface area contributed by atoms with Crippen LogP contribution >= 0.6 is 23.2 Å². The molecule has 0 saturated heterocycles. The predicted molar refractivity (Wildman–Crippen MR) is 53.9 cm³/mol. The summed E-state index contributed by atoms with van der Waals surface area (Å²) in [6.07, 6.45) is 0.0121. The predicted octanol–water partition coefficient (Wildman–Crippen LogP) is 3.49. The summed E-state index contributed by atoms with van der Waals surface area (Å²) in [6, 6.07) is 3.17. The number of hydrogen-bond acceptors (Lipinski definition) is 2. The number of hydrogen-bond donors (Lipinski definition) is 1. The van der Waals surface area contributed by atoms with E-state index in [0.717, 1.165) is 0 Å². The van der Waals surface area contributed by atoms with Crippen LogP contribution in [0.4, 0.5) is 0 Å². The van der Waals surface area contributed by atoms with Gasteiger partial charge in [0.15, 0.2) is 5.75 Å². The fourth-order valence-corrected chi connectivity index (χ4v) is 1.28. The second kappa shape index (κ2) is 4.07. The van der Waals surface area contributed by atoms with Crippen LogP contribution in [0.1, 0.15) is 13.8 Å². The lowest BCUT2D eigenvalue weighted by atomic mass is 10.3. The zero-order valence-electron chi connectivity index (χ0n) is 7.34. The normalized spacial score (nSPS) is 10.5. The molecule has 0 spiro atoms. The van der Waals surface area contributed by atoms with Gasteiger partial charge in [0.2, 0.25) is 0 Å². The summed E-state index contributed by atoms with van der Waals surface area (Å²) in [5, 5.41) is 9.73. The van der Waals surface area contributed by atoms with Crippen molar-refractivity contribution in [2.75, 3.05) is 0 Å². The van der Waals surface area contributed by atoms with Crippen molar-refractivity contribution in [1.29, 1.82) is 0 Å². The molecule has 0 aromatic heterocycles. The first-order chi connectivity index (χ1) is 6.02. The van der Waals surface area contributed by atoms with E-state index in [9.17, 15) is 5.11 Å². The molecule has 0 radical (unpaired) electrons. The molecule has 0 aliphatic carbocycles. The Morgan fingerprint density at radius 1 is 1.31 bits per heavy atom. The Bertz CT molecular complexity index is 311. The highest BCUT2D eigenvalue weighted by Crippen LogP contribution is 2.38. The van der Waals surface area contributed by atoms with Crippen LogP contribution in [-0.4, -0.2) is 11.2 Å². The van der Waals surface area contributed by atoms with Crippen LogP contribution in [0.15, 0.2) is 12.1 Å². The van der Waals surface area contributed by atoms with E-state index >= 15 is 0 Å². The van der Waals surface area contributed by atoms with Crippen LogP contribution in [0, 0.1) is 0 Å². The number of ether oxygens (including phenoxy) is 1. The molecule has 1 aromatic rings. The number of benzene rings is 1. The maximum atomic E-state index is 9.36. The first kappa shape index (κ1) is 10.5. The summed E-state index contributed by atoms with van der Waals surface area (Å²) >= 11 is 11.4. The molecule has 0 aliphatic rings. The zero-order valence-corrected chi connectivity index (χ0v) is 8.86.